The monoisotopic (exact) mass is 330 g/mol. The van der Waals surface area contributed by atoms with E-state index in [1.807, 2.05) is 0 Å². The Labute approximate surface area is 104 Å². The Kier molecular flexibility index (Phi) is 3.10. The Morgan fingerprint density at radius 2 is 1.93 bits per heavy atom. The van der Waals surface area contributed by atoms with Gasteiger partial charge in [0, 0.05) is 13.8 Å². The number of hydrogen-bond donors (Lipinski definition) is 0. The molecule has 3 heteroatoms. The molecule has 1 aromatic carbocycles. The lowest BCUT2D eigenvalue weighted by Gasteiger charge is -2.04. The van der Waals surface area contributed by atoms with Crippen LogP contribution in [0.3, 0.4) is 0 Å². The predicted octanol–water partition coefficient (Wildman–Crippen LogP) is 5.25. The van der Waals surface area contributed by atoms with E-state index in [1.165, 1.54) is 20.5 Å². The normalized spacial score (nSPS) is 10.5. The zero-order valence-corrected chi connectivity index (χ0v) is 11.5. The van der Waals surface area contributed by atoms with Crippen LogP contribution in [0.2, 0.25) is 0 Å². The van der Waals surface area contributed by atoms with Crippen molar-refractivity contribution in [1.29, 1.82) is 0 Å². The lowest BCUT2D eigenvalue weighted by Crippen LogP contribution is -1.80. The third-order valence-corrected chi connectivity index (χ3v) is 4.41. The largest absolute Gasteiger partial charge is 0.143 e. The van der Waals surface area contributed by atoms with E-state index >= 15 is 0 Å². The van der Waals surface area contributed by atoms with Crippen molar-refractivity contribution in [3.63, 3.8) is 0 Å². The van der Waals surface area contributed by atoms with E-state index in [0.29, 0.717) is 0 Å². The standard InChI is InChI=1S/C11H8Br2S/c1-7-6-8(12)2-3-9(7)11-10(13)4-5-14-11/h2-6H,1H3. The summed E-state index contributed by atoms with van der Waals surface area (Å²) in [6.45, 7) is 2.13. The predicted molar refractivity (Wildman–Crippen MR) is 69.9 cm³/mol. The van der Waals surface area contributed by atoms with Crippen LogP contribution in [-0.2, 0) is 0 Å². The first-order chi connectivity index (χ1) is 6.68. The minimum atomic E-state index is 1.13. The van der Waals surface area contributed by atoms with Crippen LogP contribution in [0.5, 0.6) is 0 Å². The highest BCUT2D eigenvalue weighted by molar-refractivity contribution is 9.11. The maximum absolute atomic E-state index is 3.55. The first-order valence-electron chi connectivity index (χ1n) is 4.18. The lowest BCUT2D eigenvalue weighted by atomic mass is 10.1. The number of hydrogen-bond acceptors (Lipinski definition) is 1. The van der Waals surface area contributed by atoms with E-state index in [2.05, 4.69) is 68.4 Å². The summed E-state index contributed by atoms with van der Waals surface area (Å²) >= 11 is 8.78. The second-order valence-electron chi connectivity index (χ2n) is 3.06. The molecule has 14 heavy (non-hydrogen) atoms. The van der Waals surface area contributed by atoms with E-state index in [0.717, 1.165) is 4.47 Å². The summed E-state index contributed by atoms with van der Waals surface area (Å²) in [6.07, 6.45) is 0. The molecular formula is C11H8Br2S. The molecule has 0 bridgehead atoms. The highest BCUT2D eigenvalue weighted by Crippen LogP contribution is 2.36. The molecule has 0 saturated carbocycles. The van der Waals surface area contributed by atoms with Gasteiger partial charge in [0.1, 0.15) is 0 Å². The van der Waals surface area contributed by atoms with Gasteiger partial charge in [-0.25, -0.2) is 0 Å². The summed E-state index contributed by atoms with van der Waals surface area (Å²) in [7, 11) is 0. The van der Waals surface area contributed by atoms with Crippen molar-refractivity contribution in [2.24, 2.45) is 0 Å². The zero-order valence-electron chi connectivity index (χ0n) is 7.55. The molecule has 0 atom stereocenters. The smallest absolute Gasteiger partial charge is 0.0487 e. The highest BCUT2D eigenvalue weighted by Gasteiger charge is 2.07. The average molecular weight is 332 g/mol. The van der Waals surface area contributed by atoms with Gasteiger partial charge in [0.25, 0.3) is 0 Å². The van der Waals surface area contributed by atoms with Gasteiger partial charge in [0.2, 0.25) is 0 Å². The fraction of sp³-hybridized carbons (Fsp3) is 0.0909. The van der Waals surface area contributed by atoms with Crippen LogP contribution in [0.4, 0.5) is 0 Å². The van der Waals surface area contributed by atoms with Crippen LogP contribution in [0.1, 0.15) is 5.56 Å². The van der Waals surface area contributed by atoms with Crippen molar-refractivity contribution < 1.29 is 0 Å². The van der Waals surface area contributed by atoms with Crippen molar-refractivity contribution in [3.05, 3.63) is 44.2 Å². The number of halogens is 2. The van der Waals surface area contributed by atoms with E-state index in [1.54, 1.807) is 11.3 Å². The van der Waals surface area contributed by atoms with Gasteiger partial charge < -0.3 is 0 Å². The van der Waals surface area contributed by atoms with Crippen LogP contribution >= 0.6 is 43.2 Å². The van der Waals surface area contributed by atoms with E-state index in [4.69, 9.17) is 0 Å². The first kappa shape index (κ1) is 10.4. The van der Waals surface area contributed by atoms with Crippen LogP contribution in [-0.4, -0.2) is 0 Å². The quantitative estimate of drug-likeness (QED) is 0.669. The van der Waals surface area contributed by atoms with Crippen molar-refractivity contribution in [2.75, 3.05) is 0 Å². The summed E-state index contributed by atoms with van der Waals surface area (Å²) in [5.41, 5.74) is 2.60. The number of aryl methyl sites for hydroxylation is 1. The van der Waals surface area contributed by atoms with Gasteiger partial charge in [0.15, 0.2) is 0 Å². The molecule has 0 amide bonds. The summed E-state index contributed by atoms with van der Waals surface area (Å²) in [6, 6.07) is 8.45. The van der Waals surface area contributed by atoms with E-state index in [-0.39, 0.29) is 0 Å². The molecular weight excluding hydrogens is 324 g/mol. The Morgan fingerprint density at radius 3 is 2.50 bits per heavy atom. The Hall–Kier alpha value is -0.120. The Balaban J connectivity index is 2.58. The third kappa shape index (κ3) is 1.95. The summed E-state index contributed by atoms with van der Waals surface area (Å²) in [5.74, 6) is 0. The van der Waals surface area contributed by atoms with Crippen molar-refractivity contribution >= 4 is 43.2 Å². The van der Waals surface area contributed by atoms with Gasteiger partial charge in [-0.1, -0.05) is 22.0 Å². The van der Waals surface area contributed by atoms with E-state index < -0.39 is 0 Å². The molecule has 2 rings (SSSR count). The fourth-order valence-electron chi connectivity index (χ4n) is 1.37. The number of rotatable bonds is 1. The lowest BCUT2D eigenvalue weighted by molar-refractivity contribution is 1.45. The van der Waals surface area contributed by atoms with Gasteiger partial charge >= 0.3 is 0 Å². The number of benzene rings is 1. The molecule has 0 aliphatic carbocycles. The molecule has 1 aromatic heterocycles. The average Bonchev–Trinajstić information content (AvgIpc) is 2.52. The van der Waals surface area contributed by atoms with Crippen molar-refractivity contribution in [1.82, 2.24) is 0 Å². The molecule has 0 nitrogen and oxygen atoms in total. The number of thiophene rings is 1. The topological polar surface area (TPSA) is 0 Å². The third-order valence-electron chi connectivity index (χ3n) is 2.05. The van der Waals surface area contributed by atoms with Crippen LogP contribution in [0.25, 0.3) is 10.4 Å². The molecule has 2 aromatic rings. The van der Waals surface area contributed by atoms with Crippen LogP contribution in [0, 0.1) is 6.92 Å². The molecule has 0 radical (unpaired) electrons. The molecule has 1 heterocycles. The molecule has 0 spiro atoms. The Morgan fingerprint density at radius 1 is 1.14 bits per heavy atom. The SMILES string of the molecule is Cc1cc(Br)ccc1-c1sccc1Br. The van der Waals surface area contributed by atoms with E-state index in [9.17, 15) is 0 Å². The van der Waals surface area contributed by atoms with Gasteiger partial charge in [-0.05, 0) is 57.6 Å². The highest BCUT2D eigenvalue weighted by atomic mass is 79.9. The molecule has 0 aliphatic heterocycles. The minimum Gasteiger partial charge on any atom is -0.143 e. The molecule has 0 aliphatic rings. The van der Waals surface area contributed by atoms with Crippen molar-refractivity contribution in [3.8, 4) is 10.4 Å². The minimum absolute atomic E-state index is 1.13. The molecule has 0 unspecified atom stereocenters. The maximum atomic E-state index is 3.55. The zero-order chi connectivity index (χ0) is 10.1. The summed E-state index contributed by atoms with van der Waals surface area (Å²) in [5, 5.41) is 2.10. The van der Waals surface area contributed by atoms with Crippen LogP contribution in [0.15, 0.2) is 38.6 Å². The van der Waals surface area contributed by atoms with Gasteiger partial charge in [0.05, 0.1) is 0 Å². The summed E-state index contributed by atoms with van der Waals surface area (Å²) in [4.78, 5) is 1.30. The first-order valence-corrected chi connectivity index (χ1v) is 6.64. The second kappa shape index (κ2) is 4.17. The van der Waals surface area contributed by atoms with Crippen LogP contribution < -0.4 is 0 Å². The van der Waals surface area contributed by atoms with Gasteiger partial charge in [-0.15, -0.1) is 11.3 Å². The molecule has 0 N–H and O–H groups in total. The fourth-order valence-corrected chi connectivity index (χ4v) is 3.52. The van der Waals surface area contributed by atoms with Gasteiger partial charge in [-0.2, -0.15) is 0 Å². The Bertz CT molecular complexity index is 460. The molecule has 0 fully saturated rings. The maximum Gasteiger partial charge on any atom is 0.0487 e. The summed E-state index contributed by atoms with van der Waals surface area (Å²) < 4.78 is 2.30. The van der Waals surface area contributed by atoms with Gasteiger partial charge in [-0.3, -0.25) is 0 Å². The molecule has 72 valence electrons. The second-order valence-corrected chi connectivity index (χ2v) is 5.74. The van der Waals surface area contributed by atoms with Crippen molar-refractivity contribution in [2.45, 2.75) is 6.92 Å². The molecule has 0 saturated heterocycles.